The topological polar surface area (TPSA) is 63.4 Å². The summed E-state index contributed by atoms with van der Waals surface area (Å²) in [6.07, 6.45) is 0. The van der Waals surface area contributed by atoms with Crippen molar-refractivity contribution in [2.24, 2.45) is 5.73 Å². The van der Waals surface area contributed by atoms with E-state index in [0.717, 1.165) is 0 Å². The average Bonchev–Trinajstić information content (AvgIpc) is 2.65. The van der Waals surface area contributed by atoms with Crippen molar-refractivity contribution in [2.75, 3.05) is 6.54 Å². The number of thiophene rings is 1. The molecule has 1 rings (SSSR count). The lowest BCUT2D eigenvalue weighted by Crippen LogP contribution is -2.42. The Balaban J connectivity index is 2.81. The predicted octanol–water partition coefficient (Wildman–Crippen LogP) is 1.08. The molecule has 1 aromatic heterocycles. The van der Waals surface area contributed by atoms with Gasteiger partial charge in [-0.2, -0.15) is 0 Å². The van der Waals surface area contributed by atoms with Gasteiger partial charge in [0, 0.05) is 6.04 Å². The number of primary amides is 1. The van der Waals surface area contributed by atoms with Crippen LogP contribution in [-0.4, -0.2) is 29.3 Å². The second kappa shape index (κ2) is 4.93. The van der Waals surface area contributed by atoms with Crippen molar-refractivity contribution in [3.8, 4) is 0 Å². The molecule has 4 nitrogen and oxygen atoms in total. The highest BCUT2D eigenvalue weighted by molar-refractivity contribution is 7.12. The van der Waals surface area contributed by atoms with Crippen molar-refractivity contribution in [2.45, 2.75) is 19.9 Å². The molecule has 0 bridgehead atoms. The smallest absolute Gasteiger partial charge is 0.264 e. The van der Waals surface area contributed by atoms with Crippen LogP contribution in [0.2, 0.25) is 0 Å². The molecule has 1 heterocycles. The van der Waals surface area contributed by atoms with Crippen molar-refractivity contribution in [3.05, 3.63) is 22.4 Å². The normalized spacial score (nSPS) is 10.3. The van der Waals surface area contributed by atoms with Gasteiger partial charge < -0.3 is 10.6 Å². The minimum absolute atomic E-state index is 0.0333. The van der Waals surface area contributed by atoms with Crippen molar-refractivity contribution in [1.29, 1.82) is 0 Å². The molecule has 0 radical (unpaired) electrons. The molecule has 0 atom stereocenters. The van der Waals surface area contributed by atoms with Crippen LogP contribution < -0.4 is 5.73 Å². The molecule has 0 aliphatic rings. The molecule has 0 aliphatic heterocycles. The summed E-state index contributed by atoms with van der Waals surface area (Å²) in [5, 5.41) is 1.83. The predicted molar refractivity (Wildman–Crippen MR) is 59.7 cm³/mol. The van der Waals surface area contributed by atoms with E-state index < -0.39 is 5.91 Å². The van der Waals surface area contributed by atoms with Crippen LogP contribution in [0.4, 0.5) is 0 Å². The maximum absolute atomic E-state index is 11.9. The first-order valence-corrected chi connectivity index (χ1v) is 5.53. The summed E-state index contributed by atoms with van der Waals surface area (Å²) in [7, 11) is 0. The molecule has 15 heavy (non-hydrogen) atoms. The minimum atomic E-state index is -0.492. The Kier molecular flexibility index (Phi) is 3.85. The van der Waals surface area contributed by atoms with E-state index in [1.54, 1.807) is 12.1 Å². The van der Waals surface area contributed by atoms with Gasteiger partial charge in [0.25, 0.3) is 5.91 Å². The molecule has 0 fully saturated rings. The van der Waals surface area contributed by atoms with E-state index >= 15 is 0 Å². The van der Waals surface area contributed by atoms with Gasteiger partial charge in [-0.25, -0.2) is 0 Å². The molecule has 2 amide bonds. The van der Waals surface area contributed by atoms with Crippen LogP contribution in [0.25, 0.3) is 0 Å². The maximum atomic E-state index is 11.9. The minimum Gasteiger partial charge on any atom is -0.368 e. The van der Waals surface area contributed by atoms with Crippen LogP contribution in [-0.2, 0) is 4.79 Å². The van der Waals surface area contributed by atoms with E-state index in [0.29, 0.717) is 4.88 Å². The summed E-state index contributed by atoms with van der Waals surface area (Å²) < 4.78 is 0. The first kappa shape index (κ1) is 11.7. The third kappa shape index (κ3) is 3.06. The molecule has 0 unspecified atom stereocenters. The van der Waals surface area contributed by atoms with Gasteiger partial charge in [0.05, 0.1) is 11.4 Å². The number of rotatable bonds is 4. The Bertz CT molecular complexity index is 346. The van der Waals surface area contributed by atoms with E-state index in [1.165, 1.54) is 16.2 Å². The fourth-order valence-electron chi connectivity index (χ4n) is 1.20. The number of nitrogens with two attached hydrogens (primary N) is 1. The van der Waals surface area contributed by atoms with Gasteiger partial charge in [0.15, 0.2) is 0 Å². The molecule has 0 saturated heterocycles. The summed E-state index contributed by atoms with van der Waals surface area (Å²) in [5.41, 5.74) is 5.09. The van der Waals surface area contributed by atoms with Crippen LogP contribution in [0.5, 0.6) is 0 Å². The van der Waals surface area contributed by atoms with E-state index in [1.807, 2.05) is 19.2 Å². The SMILES string of the molecule is CC(C)N(CC(N)=O)C(=O)c1cccs1. The summed E-state index contributed by atoms with van der Waals surface area (Å²) in [5.74, 6) is -0.632. The molecule has 5 heteroatoms. The van der Waals surface area contributed by atoms with E-state index in [-0.39, 0.29) is 18.5 Å². The first-order chi connectivity index (χ1) is 7.02. The quantitative estimate of drug-likeness (QED) is 0.835. The van der Waals surface area contributed by atoms with E-state index in [2.05, 4.69) is 0 Å². The zero-order valence-corrected chi connectivity index (χ0v) is 9.58. The lowest BCUT2D eigenvalue weighted by atomic mass is 10.3. The molecule has 0 aromatic carbocycles. The largest absolute Gasteiger partial charge is 0.368 e. The van der Waals surface area contributed by atoms with Gasteiger partial charge in [0.2, 0.25) is 5.91 Å². The lowest BCUT2D eigenvalue weighted by Gasteiger charge is -2.24. The zero-order chi connectivity index (χ0) is 11.4. The highest BCUT2D eigenvalue weighted by Gasteiger charge is 2.20. The van der Waals surface area contributed by atoms with E-state index in [9.17, 15) is 9.59 Å². The molecule has 82 valence electrons. The number of carbonyl (C=O) groups is 2. The Labute approximate surface area is 92.7 Å². The summed E-state index contributed by atoms with van der Waals surface area (Å²) in [6.45, 7) is 3.68. The third-order valence-electron chi connectivity index (χ3n) is 1.94. The van der Waals surface area contributed by atoms with Crippen molar-refractivity contribution >= 4 is 23.2 Å². The molecule has 1 aromatic rings. The summed E-state index contributed by atoms with van der Waals surface area (Å²) >= 11 is 1.36. The maximum Gasteiger partial charge on any atom is 0.264 e. The highest BCUT2D eigenvalue weighted by atomic mass is 32.1. The van der Waals surface area contributed by atoms with Crippen LogP contribution in [0, 0.1) is 0 Å². The van der Waals surface area contributed by atoms with Crippen molar-refractivity contribution < 1.29 is 9.59 Å². The highest BCUT2D eigenvalue weighted by Crippen LogP contribution is 2.13. The number of hydrogen-bond donors (Lipinski definition) is 1. The number of carbonyl (C=O) groups excluding carboxylic acids is 2. The fraction of sp³-hybridized carbons (Fsp3) is 0.400. The molecule has 0 aliphatic carbocycles. The second-order valence-electron chi connectivity index (χ2n) is 3.47. The Morgan fingerprint density at radius 3 is 2.60 bits per heavy atom. The van der Waals surface area contributed by atoms with Crippen LogP contribution >= 0.6 is 11.3 Å². The Hall–Kier alpha value is -1.36. The second-order valence-corrected chi connectivity index (χ2v) is 4.42. The van der Waals surface area contributed by atoms with Crippen LogP contribution in [0.15, 0.2) is 17.5 Å². The molecule has 2 N–H and O–H groups in total. The van der Waals surface area contributed by atoms with Gasteiger partial charge >= 0.3 is 0 Å². The lowest BCUT2D eigenvalue weighted by molar-refractivity contribution is -0.119. The zero-order valence-electron chi connectivity index (χ0n) is 8.77. The fourth-order valence-corrected chi connectivity index (χ4v) is 1.88. The number of hydrogen-bond acceptors (Lipinski definition) is 3. The molecule has 0 saturated carbocycles. The van der Waals surface area contributed by atoms with Crippen molar-refractivity contribution in [1.82, 2.24) is 4.90 Å². The summed E-state index contributed by atoms with van der Waals surface area (Å²) in [4.78, 5) is 24.8. The number of amides is 2. The van der Waals surface area contributed by atoms with E-state index in [4.69, 9.17) is 5.73 Å². The standard InChI is InChI=1S/C10H14N2O2S/c1-7(2)12(6-9(11)13)10(14)8-4-3-5-15-8/h3-5,7H,6H2,1-2H3,(H2,11,13). The number of nitrogens with zero attached hydrogens (tertiary/aromatic N) is 1. The third-order valence-corrected chi connectivity index (χ3v) is 2.80. The first-order valence-electron chi connectivity index (χ1n) is 4.65. The van der Waals surface area contributed by atoms with Gasteiger partial charge in [-0.15, -0.1) is 11.3 Å². The molecular formula is C10H14N2O2S. The van der Waals surface area contributed by atoms with Crippen molar-refractivity contribution in [3.63, 3.8) is 0 Å². The van der Waals surface area contributed by atoms with Gasteiger partial charge in [-0.3, -0.25) is 9.59 Å². The van der Waals surface area contributed by atoms with Gasteiger partial charge in [0.1, 0.15) is 0 Å². The molecular weight excluding hydrogens is 212 g/mol. The Morgan fingerprint density at radius 2 is 2.20 bits per heavy atom. The monoisotopic (exact) mass is 226 g/mol. The molecule has 0 spiro atoms. The Morgan fingerprint density at radius 1 is 1.53 bits per heavy atom. The van der Waals surface area contributed by atoms with Gasteiger partial charge in [-0.05, 0) is 25.3 Å². The van der Waals surface area contributed by atoms with Crippen LogP contribution in [0.3, 0.4) is 0 Å². The van der Waals surface area contributed by atoms with Gasteiger partial charge in [-0.1, -0.05) is 6.07 Å². The van der Waals surface area contributed by atoms with Crippen LogP contribution in [0.1, 0.15) is 23.5 Å². The average molecular weight is 226 g/mol. The summed E-state index contributed by atoms with van der Waals surface area (Å²) in [6, 6.07) is 3.51.